The first kappa shape index (κ1) is 12.5. The molecule has 0 aliphatic carbocycles. The van der Waals surface area contributed by atoms with Crippen molar-refractivity contribution in [3.8, 4) is 0 Å². The molecule has 0 bridgehead atoms. The summed E-state index contributed by atoms with van der Waals surface area (Å²) in [6.45, 7) is 1.69. The molecule has 2 rings (SSSR count). The molecule has 5 atom stereocenters. The molecule has 94 valence electrons. The van der Waals surface area contributed by atoms with Crippen LogP contribution >= 0.6 is 0 Å². The van der Waals surface area contributed by atoms with Gasteiger partial charge in [-0.15, -0.1) is 0 Å². The first-order valence-corrected chi connectivity index (χ1v) is 5.83. The van der Waals surface area contributed by atoms with Crippen molar-refractivity contribution in [2.24, 2.45) is 0 Å². The predicted molar refractivity (Wildman–Crippen MR) is 62.5 cm³/mol. The highest BCUT2D eigenvalue weighted by molar-refractivity contribution is 5.16. The molecule has 0 radical (unpaired) electrons. The Kier molecular flexibility index (Phi) is 3.79. The highest BCUT2D eigenvalue weighted by Gasteiger charge is 2.41. The van der Waals surface area contributed by atoms with E-state index in [1.165, 1.54) is 0 Å². The van der Waals surface area contributed by atoms with Crippen LogP contribution in [0.15, 0.2) is 30.3 Å². The molecule has 1 aromatic rings. The lowest BCUT2D eigenvalue weighted by Crippen LogP contribution is -2.57. The van der Waals surface area contributed by atoms with E-state index in [0.29, 0.717) is 6.42 Å². The second-order valence-corrected chi connectivity index (χ2v) is 4.54. The van der Waals surface area contributed by atoms with Crippen LogP contribution in [0.5, 0.6) is 0 Å². The maximum Gasteiger partial charge on any atom is 0.111 e. The number of hydrogen-bond acceptors (Lipinski definition) is 4. The smallest absolute Gasteiger partial charge is 0.111 e. The molecule has 3 N–H and O–H groups in total. The third kappa shape index (κ3) is 2.66. The quantitative estimate of drug-likeness (QED) is 0.683. The van der Waals surface area contributed by atoms with E-state index in [1.54, 1.807) is 6.92 Å². The Hall–Kier alpha value is -0.940. The summed E-state index contributed by atoms with van der Waals surface area (Å²) in [6, 6.07) is 9.64. The molecule has 17 heavy (non-hydrogen) atoms. The lowest BCUT2D eigenvalue weighted by molar-refractivity contribution is -0.216. The fourth-order valence-electron chi connectivity index (χ4n) is 2.15. The molecule has 0 spiro atoms. The van der Waals surface area contributed by atoms with Crippen molar-refractivity contribution in [3.05, 3.63) is 35.9 Å². The zero-order chi connectivity index (χ0) is 12.4. The third-order valence-corrected chi connectivity index (χ3v) is 3.23. The molecule has 1 aliphatic heterocycles. The number of ether oxygens (including phenoxy) is 1. The van der Waals surface area contributed by atoms with E-state index >= 15 is 0 Å². The second kappa shape index (κ2) is 5.14. The van der Waals surface area contributed by atoms with Gasteiger partial charge in [-0.1, -0.05) is 30.3 Å². The molecule has 1 aliphatic rings. The van der Waals surface area contributed by atoms with Crippen molar-refractivity contribution in [1.29, 1.82) is 0 Å². The number of aliphatic hydroxyl groups is 3. The molecule has 4 heteroatoms. The Bertz CT molecular complexity index is 354. The van der Waals surface area contributed by atoms with Crippen LogP contribution in [-0.2, 0) is 11.2 Å². The normalized spacial score (nSPS) is 38.0. The van der Waals surface area contributed by atoms with E-state index in [4.69, 9.17) is 4.74 Å². The van der Waals surface area contributed by atoms with Gasteiger partial charge < -0.3 is 20.1 Å². The van der Waals surface area contributed by atoms with Crippen LogP contribution in [0, 0.1) is 0 Å². The van der Waals surface area contributed by atoms with E-state index in [0.717, 1.165) is 5.56 Å². The number of aliphatic hydroxyl groups excluding tert-OH is 3. The average molecular weight is 238 g/mol. The fourth-order valence-corrected chi connectivity index (χ4v) is 2.15. The summed E-state index contributed by atoms with van der Waals surface area (Å²) >= 11 is 0. The Morgan fingerprint density at radius 2 is 1.65 bits per heavy atom. The zero-order valence-electron chi connectivity index (χ0n) is 9.73. The van der Waals surface area contributed by atoms with Crippen molar-refractivity contribution in [1.82, 2.24) is 0 Å². The number of benzene rings is 1. The zero-order valence-corrected chi connectivity index (χ0v) is 9.73. The van der Waals surface area contributed by atoms with Gasteiger partial charge in [0.05, 0.1) is 12.2 Å². The second-order valence-electron chi connectivity index (χ2n) is 4.54. The highest BCUT2D eigenvalue weighted by atomic mass is 16.5. The molecule has 1 aromatic carbocycles. The molecule has 1 heterocycles. The Morgan fingerprint density at radius 1 is 1.00 bits per heavy atom. The third-order valence-electron chi connectivity index (χ3n) is 3.23. The summed E-state index contributed by atoms with van der Waals surface area (Å²) in [5, 5.41) is 29.1. The predicted octanol–water partition coefficient (Wildman–Crippen LogP) is 0.0991. The first-order chi connectivity index (χ1) is 8.09. The average Bonchev–Trinajstić information content (AvgIpc) is 2.35. The fraction of sp³-hybridized carbons (Fsp3) is 0.538. The van der Waals surface area contributed by atoms with Gasteiger partial charge in [0.25, 0.3) is 0 Å². The van der Waals surface area contributed by atoms with Gasteiger partial charge in [-0.2, -0.15) is 0 Å². The lowest BCUT2D eigenvalue weighted by Gasteiger charge is -2.39. The molecule has 0 amide bonds. The largest absolute Gasteiger partial charge is 0.388 e. The minimum Gasteiger partial charge on any atom is -0.388 e. The van der Waals surface area contributed by atoms with E-state index in [9.17, 15) is 15.3 Å². The van der Waals surface area contributed by atoms with Crippen molar-refractivity contribution in [3.63, 3.8) is 0 Å². The van der Waals surface area contributed by atoms with E-state index in [1.807, 2.05) is 30.3 Å². The van der Waals surface area contributed by atoms with Crippen LogP contribution in [0.1, 0.15) is 12.5 Å². The molecule has 1 fully saturated rings. The van der Waals surface area contributed by atoms with Crippen LogP contribution in [-0.4, -0.2) is 45.8 Å². The molecule has 4 nitrogen and oxygen atoms in total. The lowest BCUT2D eigenvalue weighted by atomic mass is 9.92. The van der Waals surface area contributed by atoms with E-state index < -0.39 is 30.5 Å². The summed E-state index contributed by atoms with van der Waals surface area (Å²) < 4.78 is 5.53. The van der Waals surface area contributed by atoms with Crippen LogP contribution in [0.25, 0.3) is 0 Å². The van der Waals surface area contributed by atoms with E-state index in [2.05, 4.69) is 0 Å². The van der Waals surface area contributed by atoms with Crippen molar-refractivity contribution >= 4 is 0 Å². The van der Waals surface area contributed by atoms with Gasteiger partial charge in [-0.25, -0.2) is 0 Å². The Morgan fingerprint density at radius 3 is 2.29 bits per heavy atom. The maximum absolute atomic E-state index is 9.85. The minimum absolute atomic E-state index is 0.470. The van der Waals surface area contributed by atoms with Gasteiger partial charge in [-0.3, -0.25) is 0 Å². The molecular formula is C13H18O4. The molecule has 0 aromatic heterocycles. The summed E-state index contributed by atoms with van der Waals surface area (Å²) in [5.74, 6) is 0. The summed E-state index contributed by atoms with van der Waals surface area (Å²) in [4.78, 5) is 0. The van der Waals surface area contributed by atoms with Gasteiger partial charge in [0.1, 0.15) is 18.3 Å². The monoisotopic (exact) mass is 238 g/mol. The van der Waals surface area contributed by atoms with Gasteiger partial charge in [0.15, 0.2) is 0 Å². The summed E-state index contributed by atoms with van der Waals surface area (Å²) in [7, 11) is 0. The van der Waals surface area contributed by atoms with Crippen LogP contribution in [0.4, 0.5) is 0 Å². The van der Waals surface area contributed by atoms with Crippen LogP contribution < -0.4 is 0 Å². The first-order valence-electron chi connectivity index (χ1n) is 5.83. The van der Waals surface area contributed by atoms with Gasteiger partial charge >= 0.3 is 0 Å². The maximum atomic E-state index is 9.85. The standard InChI is InChI=1S/C13H18O4/c1-8-11(14)13(16)12(15)10(17-8)7-9-5-3-2-4-6-9/h2-6,8,10-16H,7H2,1H3/t8-,10?,11+,12+,13+/m0/s1. The summed E-state index contributed by atoms with van der Waals surface area (Å²) in [6.07, 6.45) is -3.66. The number of hydrogen-bond donors (Lipinski definition) is 3. The minimum atomic E-state index is -1.15. The molecule has 1 unspecified atom stereocenters. The Balaban J connectivity index is 2.06. The van der Waals surface area contributed by atoms with Gasteiger partial charge in [-0.05, 0) is 12.5 Å². The summed E-state index contributed by atoms with van der Waals surface area (Å²) in [5.41, 5.74) is 1.03. The Labute approximate surface area is 100 Å². The van der Waals surface area contributed by atoms with Gasteiger partial charge in [0.2, 0.25) is 0 Å². The molecule has 0 saturated carbocycles. The van der Waals surface area contributed by atoms with Crippen LogP contribution in [0.2, 0.25) is 0 Å². The molecule has 1 saturated heterocycles. The molecular weight excluding hydrogens is 220 g/mol. The van der Waals surface area contributed by atoms with E-state index in [-0.39, 0.29) is 0 Å². The number of rotatable bonds is 2. The van der Waals surface area contributed by atoms with Crippen molar-refractivity contribution < 1.29 is 20.1 Å². The SMILES string of the molecule is C[C@@H]1OC(Cc2ccccc2)[C@@H](O)[C@H](O)[C@@H]1O. The van der Waals surface area contributed by atoms with Gasteiger partial charge in [0, 0.05) is 6.42 Å². The topological polar surface area (TPSA) is 69.9 Å². The van der Waals surface area contributed by atoms with Crippen LogP contribution in [0.3, 0.4) is 0 Å². The van der Waals surface area contributed by atoms with Crippen molar-refractivity contribution in [2.75, 3.05) is 0 Å². The highest BCUT2D eigenvalue weighted by Crippen LogP contribution is 2.23. The van der Waals surface area contributed by atoms with Crippen molar-refractivity contribution in [2.45, 2.75) is 43.9 Å².